The Morgan fingerprint density at radius 2 is 1.79 bits per heavy atom. The average molecular weight is 444 g/mol. The minimum Gasteiger partial charge on any atom is -0.372 e. The number of allylic oxidation sites excluding steroid dienone is 3. The number of fused-ring (bicyclic) bond motifs is 6. The van der Waals surface area contributed by atoms with E-state index in [1.807, 2.05) is 6.21 Å². The minimum absolute atomic E-state index is 0.0432. The summed E-state index contributed by atoms with van der Waals surface area (Å²) < 4.78 is 6.43. The quantitative estimate of drug-likeness (QED) is 0.428. The lowest BCUT2D eigenvalue weighted by Gasteiger charge is -2.58. The number of ether oxygens (including phenoxy) is 1. The molecule has 0 N–H and O–H groups in total. The topological polar surface area (TPSA) is 21.6 Å². The van der Waals surface area contributed by atoms with Crippen molar-refractivity contribution in [1.82, 2.24) is 0 Å². The van der Waals surface area contributed by atoms with Crippen LogP contribution in [0, 0.1) is 28.6 Å². The van der Waals surface area contributed by atoms with Gasteiger partial charge in [-0.2, -0.15) is 0 Å². The second-order valence-corrected chi connectivity index (χ2v) is 13.0. The molecule has 2 heteroatoms. The van der Waals surface area contributed by atoms with Crippen LogP contribution in [0.3, 0.4) is 0 Å². The van der Waals surface area contributed by atoms with Gasteiger partial charge in [0.2, 0.25) is 0 Å². The molecular formula is C31H41NO. The first-order chi connectivity index (χ1) is 15.7. The smallest absolute Gasteiger partial charge is 0.0646 e. The van der Waals surface area contributed by atoms with Crippen LogP contribution in [0.15, 0.2) is 40.9 Å². The van der Waals surface area contributed by atoms with Gasteiger partial charge in [0.25, 0.3) is 0 Å². The fourth-order valence-electron chi connectivity index (χ4n) is 8.52. The van der Waals surface area contributed by atoms with Gasteiger partial charge in [-0.1, -0.05) is 43.7 Å². The molecule has 2 fully saturated rings. The maximum absolute atomic E-state index is 6.43. The van der Waals surface area contributed by atoms with Crippen molar-refractivity contribution < 1.29 is 4.74 Å². The van der Waals surface area contributed by atoms with Gasteiger partial charge in [-0.15, -0.1) is 0 Å². The fraction of sp³-hybridized carbons (Fsp3) is 0.645. The van der Waals surface area contributed by atoms with Gasteiger partial charge in [-0.3, -0.25) is 4.99 Å². The van der Waals surface area contributed by atoms with Crippen molar-refractivity contribution in [2.24, 2.45) is 33.6 Å². The molecule has 6 atom stereocenters. The van der Waals surface area contributed by atoms with Crippen molar-refractivity contribution >= 4 is 11.8 Å². The molecule has 0 unspecified atom stereocenters. The van der Waals surface area contributed by atoms with Crippen molar-refractivity contribution in [3.05, 3.63) is 52.6 Å². The molecule has 0 bridgehead atoms. The van der Waals surface area contributed by atoms with E-state index in [2.05, 4.69) is 70.0 Å². The monoisotopic (exact) mass is 443 g/mol. The van der Waals surface area contributed by atoms with E-state index in [1.54, 1.807) is 11.1 Å². The molecule has 1 heterocycles. The summed E-state index contributed by atoms with van der Waals surface area (Å²) in [6, 6.07) is 7.09. The first kappa shape index (κ1) is 21.8. The van der Waals surface area contributed by atoms with Gasteiger partial charge in [0.1, 0.15) is 0 Å². The Hall–Kier alpha value is -1.67. The lowest BCUT2D eigenvalue weighted by Crippen LogP contribution is -2.50. The third-order valence-corrected chi connectivity index (χ3v) is 10.1. The van der Waals surface area contributed by atoms with Crippen molar-refractivity contribution in [3.8, 4) is 0 Å². The third-order valence-electron chi connectivity index (χ3n) is 10.1. The van der Waals surface area contributed by atoms with Gasteiger partial charge >= 0.3 is 0 Å². The van der Waals surface area contributed by atoms with Crippen LogP contribution in [0.5, 0.6) is 0 Å². The summed E-state index contributed by atoms with van der Waals surface area (Å²) >= 11 is 0. The summed E-state index contributed by atoms with van der Waals surface area (Å²) in [6.07, 6.45) is 16.6. The standard InChI is InChI=1S/C31H41NO/c1-29(2,3)33-24-12-14-30(4)23(17-24)8-9-25-27-11-10-26(31(27,5)15-13-28(25)30)20-6-7-21-18-32-19-22(21)16-20/h6-8,10,16,18,24-25,27-28H,9,11-15,17,19H2,1-5H3/t24-,25-,27-,28-,30-,31+/m0/s1. The van der Waals surface area contributed by atoms with Gasteiger partial charge in [0, 0.05) is 6.21 Å². The molecular weight excluding hydrogens is 402 g/mol. The number of hydrogen-bond donors (Lipinski definition) is 0. The molecule has 0 saturated heterocycles. The van der Waals surface area contributed by atoms with E-state index >= 15 is 0 Å². The summed E-state index contributed by atoms with van der Waals surface area (Å²) in [5.74, 6) is 2.45. The Kier molecular flexibility index (Phi) is 4.90. The summed E-state index contributed by atoms with van der Waals surface area (Å²) in [7, 11) is 0. The van der Waals surface area contributed by atoms with Crippen LogP contribution in [0.25, 0.3) is 5.57 Å². The largest absolute Gasteiger partial charge is 0.372 e. The van der Waals surface area contributed by atoms with E-state index in [-0.39, 0.29) is 5.60 Å². The summed E-state index contributed by atoms with van der Waals surface area (Å²) in [4.78, 5) is 4.48. The molecule has 0 spiro atoms. The summed E-state index contributed by atoms with van der Waals surface area (Å²) in [5.41, 5.74) is 8.19. The first-order valence-electron chi connectivity index (χ1n) is 13.4. The first-order valence-corrected chi connectivity index (χ1v) is 13.4. The summed E-state index contributed by atoms with van der Waals surface area (Å²) in [5, 5.41) is 0. The van der Waals surface area contributed by atoms with E-state index < -0.39 is 0 Å². The van der Waals surface area contributed by atoms with Gasteiger partial charge in [-0.05, 0) is 123 Å². The van der Waals surface area contributed by atoms with Crippen LogP contribution in [-0.4, -0.2) is 17.9 Å². The van der Waals surface area contributed by atoms with Gasteiger partial charge in [-0.25, -0.2) is 0 Å². The van der Waals surface area contributed by atoms with Crippen LogP contribution in [0.2, 0.25) is 0 Å². The van der Waals surface area contributed by atoms with E-state index in [9.17, 15) is 0 Å². The molecule has 1 aliphatic heterocycles. The highest BCUT2D eigenvalue weighted by Gasteiger charge is 2.57. The fourth-order valence-corrected chi connectivity index (χ4v) is 8.52. The highest BCUT2D eigenvalue weighted by Crippen LogP contribution is 2.66. The van der Waals surface area contributed by atoms with Crippen molar-refractivity contribution in [1.29, 1.82) is 0 Å². The van der Waals surface area contributed by atoms with Gasteiger partial charge < -0.3 is 4.74 Å². The maximum Gasteiger partial charge on any atom is 0.0646 e. The molecule has 5 aliphatic rings. The molecule has 0 aromatic heterocycles. The van der Waals surface area contributed by atoms with E-state index in [1.165, 1.54) is 55.2 Å². The van der Waals surface area contributed by atoms with Crippen LogP contribution >= 0.6 is 0 Å². The number of aliphatic imine (C=N–C) groups is 1. The normalized spacial score (nSPS) is 39.3. The van der Waals surface area contributed by atoms with E-state index in [4.69, 9.17) is 4.74 Å². The number of nitrogens with zero attached hydrogens (tertiary/aromatic N) is 1. The SMILES string of the molecule is CC(C)(C)O[C@H]1CC[C@@]2(C)C(=CC[C@@H]3[C@@H]2CC[C@]2(C)C(c4ccc5c(c4)CN=C5)=CC[C@@H]32)C1. The van der Waals surface area contributed by atoms with Crippen LogP contribution in [0.1, 0.15) is 96.3 Å². The van der Waals surface area contributed by atoms with Crippen molar-refractivity contribution in [3.63, 3.8) is 0 Å². The molecule has 1 aromatic carbocycles. The summed E-state index contributed by atoms with van der Waals surface area (Å²) in [6.45, 7) is 12.7. The van der Waals surface area contributed by atoms with Crippen LogP contribution in [-0.2, 0) is 11.3 Å². The zero-order valence-corrected chi connectivity index (χ0v) is 21.3. The van der Waals surface area contributed by atoms with E-state index in [0.29, 0.717) is 16.9 Å². The van der Waals surface area contributed by atoms with Crippen LogP contribution < -0.4 is 0 Å². The molecule has 4 aliphatic carbocycles. The lowest BCUT2D eigenvalue weighted by molar-refractivity contribution is -0.0894. The number of rotatable bonds is 2. The zero-order chi connectivity index (χ0) is 23.0. The van der Waals surface area contributed by atoms with Gasteiger partial charge in [0.05, 0.1) is 18.2 Å². The Labute approximate surface area is 200 Å². The second-order valence-electron chi connectivity index (χ2n) is 13.0. The predicted molar refractivity (Wildman–Crippen MR) is 137 cm³/mol. The van der Waals surface area contributed by atoms with E-state index in [0.717, 1.165) is 30.7 Å². The third kappa shape index (κ3) is 3.42. The molecule has 176 valence electrons. The van der Waals surface area contributed by atoms with Gasteiger partial charge in [0.15, 0.2) is 0 Å². The average Bonchev–Trinajstić information content (AvgIpc) is 3.36. The van der Waals surface area contributed by atoms with Crippen molar-refractivity contribution in [2.75, 3.05) is 0 Å². The molecule has 0 radical (unpaired) electrons. The zero-order valence-electron chi connectivity index (χ0n) is 21.3. The second kappa shape index (κ2) is 7.41. The lowest BCUT2D eigenvalue weighted by atomic mass is 9.47. The molecule has 33 heavy (non-hydrogen) atoms. The molecule has 1 aromatic rings. The Bertz CT molecular complexity index is 1060. The molecule has 0 amide bonds. The number of hydrogen-bond acceptors (Lipinski definition) is 2. The highest BCUT2D eigenvalue weighted by molar-refractivity contribution is 5.86. The Morgan fingerprint density at radius 3 is 2.61 bits per heavy atom. The predicted octanol–water partition coefficient (Wildman–Crippen LogP) is 7.76. The molecule has 2 saturated carbocycles. The van der Waals surface area contributed by atoms with Crippen molar-refractivity contribution in [2.45, 2.75) is 97.8 Å². The Morgan fingerprint density at radius 1 is 0.970 bits per heavy atom. The van der Waals surface area contributed by atoms with Crippen LogP contribution in [0.4, 0.5) is 0 Å². The maximum atomic E-state index is 6.43. The molecule has 6 rings (SSSR count). The highest BCUT2D eigenvalue weighted by atomic mass is 16.5. The Balaban J connectivity index is 1.25. The minimum atomic E-state index is -0.0432. The number of benzene rings is 1. The molecule has 2 nitrogen and oxygen atoms in total.